The first-order chi connectivity index (χ1) is 17.4. The van der Waals surface area contributed by atoms with Crippen molar-refractivity contribution in [3.63, 3.8) is 0 Å². The quantitative estimate of drug-likeness (QED) is 0.277. The summed E-state index contributed by atoms with van der Waals surface area (Å²) in [5.74, 6) is -0.409. The monoisotopic (exact) mass is 491 g/mol. The van der Waals surface area contributed by atoms with Crippen LogP contribution in [0.3, 0.4) is 0 Å². The van der Waals surface area contributed by atoms with Crippen molar-refractivity contribution in [1.82, 2.24) is 14.7 Å². The number of halogens is 2. The second-order valence-electron chi connectivity index (χ2n) is 8.87. The Morgan fingerprint density at radius 2 is 1.67 bits per heavy atom. The van der Waals surface area contributed by atoms with Gasteiger partial charge in [-0.1, -0.05) is 49.4 Å². The van der Waals surface area contributed by atoms with E-state index in [2.05, 4.69) is 16.9 Å². The van der Waals surface area contributed by atoms with Gasteiger partial charge in [-0.2, -0.15) is 5.10 Å². The first-order valence-corrected chi connectivity index (χ1v) is 12.2. The van der Waals surface area contributed by atoms with Crippen LogP contribution in [0.15, 0.2) is 78.9 Å². The summed E-state index contributed by atoms with van der Waals surface area (Å²) in [7, 11) is 0. The molecule has 0 aliphatic carbocycles. The van der Waals surface area contributed by atoms with Crippen LogP contribution in [-0.4, -0.2) is 39.0 Å². The molecule has 1 atom stereocenters. The van der Waals surface area contributed by atoms with Crippen LogP contribution in [0.5, 0.6) is 11.6 Å². The highest BCUT2D eigenvalue weighted by atomic mass is 19.1. The van der Waals surface area contributed by atoms with Crippen molar-refractivity contribution in [1.29, 1.82) is 0 Å². The molecule has 0 spiro atoms. The number of benzene rings is 3. The summed E-state index contributed by atoms with van der Waals surface area (Å²) in [5.41, 5.74) is 3.17. The van der Waals surface area contributed by atoms with E-state index in [0.717, 1.165) is 24.1 Å². The summed E-state index contributed by atoms with van der Waals surface area (Å²) in [6.45, 7) is 5.63. The van der Waals surface area contributed by atoms with Gasteiger partial charge in [-0.3, -0.25) is 4.90 Å². The molecule has 0 amide bonds. The molecule has 1 heterocycles. The van der Waals surface area contributed by atoms with E-state index in [4.69, 9.17) is 4.74 Å². The number of aliphatic hydroxyl groups excluding tert-OH is 1. The molecule has 36 heavy (non-hydrogen) atoms. The Morgan fingerprint density at radius 3 is 2.36 bits per heavy atom. The number of aromatic nitrogens is 2. The third kappa shape index (κ3) is 6.36. The van der Waals surface area contributed by atoms with Gasteiger partial charge in [0.25, 0.3) is 0 Å². The van der Waals surface area contributed by atoms with E-state index in [0.29, 0.717) is 36.8 Å². The van der Waals surface area contributed by atoms with E-state index in [1.54, 1.807) is 35.0 Å². The fourth-order valence-electron chi connectivity index (χ4n) is 4.24. The Kier molecular flexibility index (Phi) is 8.46. The van der Waals surface area contributed by atoms with Crippen molar-refractivity contribution in [2.45, 2.75) is 39.3 Å². The fraction of sp³-hybridized carbons (Fsp3) is 0.276. The standard InChI is InChI=1S/C29H31F2N3O2/c1-3-17-33(19-25(35)18-22-9-5-4-6-10-22)20-26-21(2)32-34(24-15-13-23(30)14-16-24)29(26)36-28-12-8-7-11-27(28)31/h4-16,25,35H,3,17-20H2,1-2H3/t25-/m1/s1. The first-order valence-electron chi connectivity index (χ1n) is 12.2. The predicted molar refractivity (Wildman–Crippen MR) is 136 cm³/mol. The Bertz CT molecular complexity index is 1260. The van der Waals surface area contributed by atoms with Crippen molar-refractivity contribution in [2.24, 2.45) is 0 Å². The van der Waals surface area contributed by atoms with Gasteiger partial charge < -0.3 is 9.84 Å². The summed E-state index contributed by atoms with van der Waals surface area (Å²) < 4.78 is 35.8. The van der Waals surface area contributed by atoms with Crippen molar-refractivity contribution >= 4 is 0 Å². The third-order valence-corrected chi connectivity index (χ3v) is 5.96. The van der Waals surface area contributed by atoms with E-state index in [1.807, 2.05) is 37.3 Å². The molecule has 4 rings (SSSR count). The number of nitrogens with zero attached hydrogens (tertiary/aromatic N) is 3. The zero-order valence-electron chi connectivity index (χ0n) is 20.6. The lowest BCUT2D eigenvalue weighted by atomic mass is 10.1. The topological polar surface area (TPSA) is 50.5 Å². The van der Waals surface area contributed by atoms with Crippen molar-refractivity contribution in [2.75, 3.05) is 13.1 Å². The van der Waals surface area contributed by atoms with Crippen LogP contribution < -0.4 is 4.74 Å². The lowest BCUT2D eigenvalue weighted by Crippen LogP contribution is -2.34. The molecule has 188 valence electrons. The average molecular weight is 492 g/mol. The van der Waals surface area contributed by atoms with E-state index in [-0.39, 0.29) is 11.6 Å². The normalized spacial score (nSPS) is 12.2. The summed E-state index contributed by atoms with van der Waals surface area (Å²) in [6.07, 6.45) is 0.891. The van der Waals surface area contributed by atoms with Crippen LogP contribution in [0.25, 0.3) is 5.69 Å². The Labute approximate surface area is 210 Å². The molecule has 7 heteroatoms. The third-order valence-electron chi connectivity index (χ3n) is 5.96. The molecular weight excluding hydrogens is 460 g/mol. The maximum atomic E-state index is 14.5. The van der Waals surface area contributed by atoms with Crippen molar-refractivity contribution in [3.05, 3.63) is 107 Å². The van der Waals surface area contributed by atoms with Gasteiger partial charge in [0.2, 0.25) is 5.88 Å². The Morgan fingerprint density at radius 1 is 0.972 bits per heavy atom. The molecule has 0 saturated carbocycles. The van der Waals surface area contributed by atoms with Crippen molar-refractivity contribution < 1.29 is 18.6 Å². The SMILES string of the molecule is CCCN(Cc1c(C)nn(-c2ccc(F)cc2)c1Oc1ccccc1F)C[C@H](O)Cc1ccccc1. The minimum absolute atomic E-state index is 0.0770. The maximum Gasteiger partial charge on any atom is 0.227 e. The number of hydrogen-bond donors (Lipinski definition) is 1. The molecule has 3 aromatic carbocycles. The zero-order chi connectivity index (χ0) is 25.5. The minimum atomic E-state index is -0.553. The van der Waals surface area contributed by atoms with Gasteiger partial charge in [0.1, 0.15) is 5.82 Å². The van der Waals surface area contributed by atoms with Gasteiger partial charge in [-0.25, -0.2) is 13.5 Å². The second-order valence-corrected chi connectivity index (χ2v) is 8.87. The zero-order valence-corrected chi connectivity index (χ0v) is 20.6. The summed E-state index contributed by atoms with van der Waals surface area (Å²) in [5, 5.41) is 15.5. The minimum Gasteiger partial charge on any atom is -0.435 e. The Hall–Kier alpha value is -3.55. The molecule has 0 radical (unpaired) electrons. The largest absolute Gasteiger partial charge is 0.435 e. The van der Waals surface area contributed by atoms with Crippen LogP contribution in [0, 0.1) is 18.6 Å². The van der Waals surface area contributed by atoms with Crippen molar-refractivity contribution in [3.8, 4) is 17.3 Å². The highest BCUT2D eigenvalue weighted by Gasteiger charge is 2.23. The number of aliphatic hydroxyl groups is 1. The van der Waals surface area contributed by atoms with Gasteiger partial charge in [0.15, 0.2) is 11.6 Å². The molecule has 5 nitrogen and oxygen atoms in total. The number of ether oxygens (including phenoxy) is 1. The Balaban J connectivity index is 1.65. The van der Waals surface area contributed by atoms with Crippen LogP contribution >= 0.6 is 0 Å². The second kappa shape index (κ2) is 11.9. The molecule has 4 aromatic rings. The smallest absolute Gasteiger partial charge is 0.227 e. The van der Waals surface area contributed by atoms with E-state index in [1.165, 1.54) is 18.2 Å². The molecule has 0 fully saturated rings. The molecule has 0 bridgehead atoms. The summed E-state index contributed by atoms with van der Waals surface area (Å²) in [6, 6.07) is 22.0. The molecule has 0 unspecified atom stereocenters. The first kappa shape index (κ1) is 25.5. The summed E-state index contributed by atoms with van der Waals surface area (Å²) >= 11 is 0. The lowest BCUT2D eigenvalue weighted by Gasteiger charge is -2.25. The average Bonchev–Trinajstić information content (AvgIpc) is 3.16. The van der Waals surface area contributed by atoms with Crippen LogP contribution in [0.1, 0.15) is 30.2 Å². The highest BCUT2D eigenvalue weighted by molar-refractivity contribution is 5.43. The molecule has 0 aliphatic rings. The number of rotatable bonds is 11. The number of para-hydroxylation sites is 1. The number of aryl methyl sites for hydroxylation is 1. The lowest BCUT2D eigenvalue weighted by molar-refractivity contribution is 0.108. The molecule has 0 saturated heterocycles. The highest BCUT2D eigenvalue weighted by Crippen LogP contribution is 2.33. The molecule has 0 aliphatic heterocycles. The van der Waals surface area contributed by atoms with Crippen LogP contribution in [0.2, 0.25) is 0 Å². The molecule has 1 aromatic heterocycles. The number of hydrogen-bond acceptors (Lipinski definition) is 4. The molecular formula is C29H31F2N3O2. The van der Waals surface area contributed by atoms with Gasteiger partial charge in [0.05, 0.1) is 23.0 Å². The maximum absolute atomic E-state index is 14.5. The van der Waals surface area contributed by atoms with Crippen LogP contribution in [-0.2, 0) is 13.0 Å². The van der Waals surface area contributed by atoms with E-state index < -0.39 is 11.9 Å². The van der Waals surface area contributed by atoms with Gasteiger partial charge in [-0.05, 0) is 68.3 Å². The van der Waals surface area contributed by atoms with Gasteiger partial charge in [0, 0.05) is 13.1 Å². The fourth-order valence-corrected chi connectivity index (χ4v) is 4.24. The summed E-state index contributed by atoms with van der Waals surface area (Å²) in [4.78, 5) is 2.15. The molecule has 1 N–H and O–H groups in total. The van der Waals surface area contributed by atoms with E-state index >= 15 is 0 Å². The van der Waals surface area contributed by atoms with Crippen LogP contribution in [0.4, 0.5) is 8.78 Å². The van der Waals surface area contributed by atoms with E-state index in [9.17, 15) is 13.9 Å². The van der Waals surface area contributed by atoms with Gasteiger partial charge in [-0.15, -0.1) is 0 Å². The predicted octanol–water partition coefficient (Wildman–Crippen LogP) is 6.07. The van der Waals surface area contributed by atoms with Gasteiger partial charge >= 0.3 is 0 Å².